The van der Waals surface area contributed by atoms with Crippen molar-refractivity contribution in [3.63, 3.8) is 0 Å². The minimum absolute atomic E-state index is 0.116. The average molecular weight is 294 g/mol. The molecule has 0 saturated carbocycles. The Morgan fingerprint density at radius 2 is 1.76 bits per heavy atom. The number of hydrogen-bond donors (Lipinski definition) is 2. The molecule has 5 nitrogen and oxygen atoms in total. The van der Waals surface area contributed by atoms with E-state index in [1.54, 1.807) is 7.11 Å². The lowest BCUT2D eigenvalue weighted by molar-refractivity contribution is 0.302. The monoisotopic (exact) mass is 294 g/mol. The van der Waals surface area contributed by atoms with Gasteiger partial charge in [-0.15, -0.1) is 0 Å². The number of nitrogens with one attached hydrogen (secondary N) is 1. The molecule has 0 unspecified atom stereocenters. The van der Waals surface area contributed by atoms with Gasteiger partial charge in [0.25, 0.3) is 0 Å². The minimum Gasteiger partial charge on any atom is -0.479 e. The third-order valence-electron chi connectivity index (χ3n) is 3.05. The Kier molecular flexibility index (Phi) is 5.42. The molecule has 120 valence electrons. The molecule has 0 aliphatic heterocycles. The van der Waals surface area contributed by atoms with Crippen LogP contribution in [0.25, 0.3) is 0 Å². The second-order valence-corrected chi connectivity index (χ2v) is 7.41. The van der Waals surface area contributed by atoms with E-state index in [1.807, 2.05) is 0 Å². The van der Waals surface area contributed by atoms with Crippen molar-refractivity contribution in [1.82, 2.24) is 9.97 Å². The van der Waals surface area contributed by atoms with Gasteiger partial charge in [0, 0.05) is 12.0 Å². The van der Waals surface area contributed by atoms with Gasteiger partial charge in [-0.25, -0.2) is 4.98 Å². The van der Waals surface area contributed by atoms with Crippen LogP contribution < -0.4 is 15.8 Å². The number of nitrogens with zero attached hydrogens (tertiary/aromatic N) is 2. The highest BCUT2D eigenvalue weighted by molar-refractivity contribution is 5.67. The average Bonchev–Trinajstić information content (AvgIpc) is 2.29. The van der Waals surface area contributed by atoms with E-state index in [4.69, 9.17) is 10.5 Å². The second kappa shape index (κ2) is 6.50. The summed E-state index contributed by atoms with van der Waals surface area (Å²) in [5.41, 5.74) is 6.69. The zero-order valence-electron chi connectivity index (χ0n) is 14.5. The number of hydrogen-bond acceptors (Lipinski definition) is 5. The molecule has 0 saturated heterocycles. The molecular formula is C16H30N4O. The molecule has 0 aliphatic carbocycles. The molecule has 3 N–H and O–H groups in total. The fraction of sp³-hybridized carbons (Fsp3) is 0.750. The fourth-order valence-electron chi connectivity index (χ4n) is 2.77. The van der Waals surface area contributed by atoms with E-state index in [2.05, 4.69) is 56.8 Å². The minimum atomic E-state index is -0.116. The Morgan fingerprint density at radius 3 is 2.24 bits per heavy atom. The highest BCUT2D eigenvalue weighted by Crippen LogP contribution is 2.33. The van der Waals surface area contributed by atoms with Gasteiger partial charge < -0.3 is 15.8 Å². The first-order valence-corrected chi connectivity index (χ1v) is 7.56. The molecule has 1 heterocycles. The zero-order valence-corrected chi connectivity index (χ0v) is 14.5. The number of nitrogen functional groups attached to an aromatic ring is 1. The van der Waals surface area contributed by atoms with Crippen molar-refractivity contribution in [2.24, 2.45) is 5.41 Å². The fourth-order valence-corrected chi connectivity index (χ4v) is 2.77. The zero-order chi connectivity index (χ0) is 16.3. The molecule has 0 atom stereocenters. The first kappa shape index (κ1) is 17.5. The molecule has 0 fully saturated rings. The molecule has 0 radical (unpaired) electrons. The first-order valence-electron chi connectivity index (χ1n) is 7.56. The Bertz CT molecular complexity index is 478. The summed E-state index contributed by atoms with van der Waals surface area (Å²) in [7, 11) is 1.58. The number of nitrogens with two attached hydrogens (primary N) is 1. The second-order valence-electron chi connectivity index (χ2n) is 7.41. The summed E-state index contributed by atoms with van der Waals surface area (Å²) in [6, 6.07) is 0. The van der Waals surface area contributed by atoms with Gasteiger partial charge in [0.1, 0.15) is 11.5 Å². The summed E-state index contributed by atoms with van der Waals surface area (Å²) in [5.74, 6) is 1.87. The Hall–Kier alpha value is -1.52. The molecule has 0 spiro atoms. The largest absolute Gasteiger partial charge is 0.479 e. The smallest absolute Gasteiger partial charge is 0.242 e. The summed E-state index contributed by atoms with van der Waals surface area (Å²) < 4.78 is 5.27. The van der Waals surface area contributed by atoms with Crippen molar-refractivity contribution in [2.75, 3.05) is 18.2 Å². The van der Waals surface area contributed by atoms with Gasteiger partial charge in [-0.2, -0.15) is 4.98 Å². The van der Waals surface area contributed by atoms with E-state index in [1.165, 1.54) is 0 Å². The maximum Gasteiger partial charge on any atom is 0.242 e. The lowest BCUT2D eigenvalue weighted by Gasteiger charge is -2.34. The quantitative estimate of drug-likeness (QED) is 0.838. The van der Waals surface area contributed by atoms with Crippen LogP contribution >= 0.6 is 0 Å². The normalized spacial score (nSPS) is 12.3. The SMILES string of the molecule is CCCc1nc(NC(C)(C)CC(C)(C)C)c(N)c(OC)n1. The van der Waals surface area contributed by atoms with E-state index < -0.39 is 0 Å². The number of anilines is 2. The Labute approximate surface area is 128 Å². The van der Waals surface area contributed by atoms with Crippen molar-refractivity contribution in [3.05, 3.63) is 5.82 Å². The van der Waals surface area contributed by atoms with Crippen molar-refractivity contribution in [2.45, 2.75) is 66.3 Å². The molecule has 1 aromatic heterocycles. The van der Waals surface area contributed by atoms with Crippen molar-refractivity contribution in [3.8, 4) is 5.88 Å². The topological polar surface area (TPSA) is 73.1 Å². The maximum absolute atomic E-state index is 6.12. The van der Waals surface area contributed by atoms with Crippen LogP contribution in [0.5, 0.6) is 5.88 Å². The molecule has 1 aromatic rings. The molecule has 5 heteroatoms. The van der Waals surface area contributed by atoms with Gasteiger partial charge >= 0.3 is 0 Å². The van der Waals surface area contributed by atoms with Crippen LogP contribution in [0.1, 0.15) is 60.2 Å². The van der Waals surface area contributed by atoms with Crippen LogP contribution in [-0.4, -0.2) is 22.6 Å². The van der Waals surface area contributed by atoms with Crippen LogP contribution in [0, 0.1) is 5.41 Å². The van der Waals surface area contributed by atoms with Crippen LogP contribution in [-0.2, 0) is 6.42 Å². The third-order valence-corrected chi connectivity index (χ3v) is 3.05. The number of methoxy groups -OCH3 is 1. The molecule has 0 aliphatic rings. The number of aryl methyl sites for hydroxylation is 1. The van der Waals surface area contributed by atoms with Gasteiger partial charge in [-0.1, -0.05) is 27.7 Å². The van der Waals surface area contributed by atoms with Gasteiger partial charge in [0.2, 0.25) is 5.88 Å². The van der Waals surface area contributed by atoms with E-state index in [-0.39, 0.29) is 11.0 Å². The highest BCUT2D eigenvalue weighted by Gasteiger charge is 2.27. The Morgan fingerprint density at radius 1 is 1.14 bits per heavy atom. The highest BCUT2D eigenvalue weighted by atomic mass is 16.5. The first-order chi connectivity index (χ1) is 9.58. The Balaban J connectivity index is 3.08. The summed E-state index contributed by atoms with van der Waals surface area (Å²) in [6.07, 6.45) is 2.79. The van der Waals surface area contributed by atoms with E-state index in [0.29, 0.717) is 17.4 Å². The van der Waals surface area contributed by atoms with E-state index >= 15 is 0 Å². The maximum atomic E-state index is 6.12. The van der Waals surface area contributed by atoms with Crippen molar-refractivity contribution >= 4 is 11.5 Å². The predicted octanol–water partition coefficient (Wildman–Crippen LogP) is 3.65. The van der Waals surface area contributed by atoms with E-state index in [0.717, 1.165) is 25.1 Å². The van der Waals surface area contributed by atoms with E-state index in [9.17, 15) is 0 Å². The molecule has 0 aromatic carbocycles. The van der Waals surface area contributed by atoms with Gasteiger partial charge in [-0.05, 0) is 32.1 Å². The number of ether oxygens (including phenoxy) is 1. The predicted molar refractivity (Wildman–Crippen MR) is 88.8 cm³/mol. The summed E-state index contributed by atoms with van der Waals surface area (Å²) in [5, 5.41) is 3.46. The third kappa shape index (κ3) is 5.40. The summed E-state index contributed by atoms with van der Waals surface area (Å²) in [4.78, 5) is 8.91. The standard InChI is InChI=1S/C16H30N4O/c1-8-9-11-18-13(12(17)14(19-11)21-7)20-16(5,6)10-15(2,3)4/h8-10,17H2,1-7H3,(H,18,19,20). The van der Waals surface area contributed by atoms with Crippen LogP contribution in [0.15, 0.2) is 0 Å². The lowest BCUT2D eigenvalue weighted by Crippen LogP contribution is -2.36. The van der Waals surface area contributed by atoms with Crippen LogP contribution in [0.4, 0.5) is 11.5 Å². The molecule has 0 bridgehead atoms. The molecule has 1 rings (SSSR count). The van der Waals surface area contributed by atoms with Gasteiger partial charge in [0.15, 0.2) is 5.82 Å². The van der Waals surface area contributed by atoms with Crippen molar-refractivity contribution < 1.29 is 4.74 Å². The van der Waals surface area contributed by atoms with Crippen LogP contribution in [0.2, 0.25) is 0 Å². The number of aromatic nitrogens is 2. The van der Waals surface area contributed by atoms with Gasteiger partial charge in [-0.3, -0.25) is 0 Å². The number of rotatable bonds is 6. The lowest BCUT2D eigenvalue weighted by atomic mass is 9.82. The van der Waals surface area contributed by atoms with Crippen molar-refractivity contribution in [1.29, 1.82) is 0 Å². The molecular weight excluding hydrogens is 264 g/mol. The van der Waals surface area contributed by atoms with Crippen LogP contribution in [0.3, 0.4) is 0 Å². The van der Waals surface area contributed by atoms with Gasteiger partial charge in [0.05, 0.1) is 7.11 Å². The molecule has 21 heavy (non-hydrogen) atoms. The summed E-state index contributed by atoms with van der Waals surface area (Å²) in [6.45, 7) is 13.1. The molecule has 0 amide bonds. The summed E-state index contributed by atoms with van der Waals surface area (Å²) >= 11 is 0.